The summed E-state index contributed by atoms with van der Waals surface area (Å²) in [5, 5.41) is 7.25. The molecule has 0 amide bonds. The van der Waals surface area contributed by atoms with Crippen molar-refractivity contribution in [1.82, 2.24) is 9.97 Å². The van der Waals surface area contributed by atoms with Crippen LogP contribution in [0.1, 0.15) is 0 Å². The SMILES string of the molecule is [CH3-].c1ccc(-c2cc(-c3cnc4c(ccc5cc(-c6cc(-c7ccccc7)c7c(c6-c6ccccc6)-c6cccc8cccc-7c68)cnc54)c3)c(-c3ccccc3)c3c2-c2cccc4cccc-3c24)cc1. The van der Waals surface area contributed by atoms with Crippen LogP contribution in [0.3, 0.4) is 0 Å². The van der Waals surface area contributed by atoms with E-state index in [9.17, 15) is 0 Å². The Morgan fingerprint density at radius 2 is 0.535 bits per heavy atom. The number of rotatable bonds is 6. The first-order valence-electron chi connectivity index (χ1n) is 24.1. The molecule has 2 aliphatic carbocycles. The fraction of sp³-hybridized carbons (Fsp3) is 0. The van der Waals surface area contributed by atoms with E-state index >= 15 is 0 Å². The van der Waals surface area contributed by atoms with Gasteiger partial charge in [-0.2, -0.15) is 0 Å². The van der Waals surface area contributed by atoms with Crippen molar-refractivity contribution in [3.63, 3.8) is 0 Å². The third-order valence-electron chi connectivity index (χ3n) is 15.0. The molecule has 13 aromatic rings. The van der Waals surface area contributed by atoms with Gasteiger partial charge in [0.15, 0.2) is 0 Å². The molecule has 2 heterocycles. The highest BCUT2D eigenvalue weighted by atomic mass is 14.7. The summed E-state index contributed by atoms with van der Waals surface area (Å²) in [6.45, 7) is 0. The molecule has 2 heteroatoms. The average molecular weight is 900 g/mol. The van der Waals surface area contributed by atoms with Gasteiger partial charge in [-0.3, -0.25) is 9.97 Å². The summed E-state index contributed by atoms with van der Waals surface area (Å²) < 4.78 is 0. The predicted octanol–water partition coefficient (Wildman–Crippen LogP) is 18.8. The van der Waals surface area contributed by atoms with Crippen LogP contribution in [0.15, 0.2) is 243 Å². The molecule has 330 valence electrons. The molecule has 0 aliphatic heterocycles. The Bertz CT molecular complexity index is 4020. The molecule has 0 radical (unpaired) electrons. The average Bonchev–Trinajstić information content (AvgIpc) is 3.96. The minimum Gasteiger partial charge on any atom is -0.358 e. The van der Waals surface area contributed by atoms with Gasteiger partial charge in [0.2, 0.25) is 0 Å². The van der Waals surface area contributed by atoms with Gasteiger partial charge in [-0.05, 0) is 146 Å². The minimum atomic E-state index is 0. The van der Waals surface area contributed by atoms with Gasteiger partial charge < -0.3 is 7.43 Å². The largest absolute Gasteiger partial charge is 0.358 e. The number of pyridine rings is 2. The Morgan fingerprint density at radius 1 is 0.211 bits per heavy atom. The van der Waals surface area contributed by atoms with E-state index in [2.05, 4.69) is 243 Å². The van der Waals surface area contributed by atoms with Crippen LogP contribution in [0.5, 0.6) is 0 Å². The first kappa shape index (κ1) is 40.8. The van der Waals surface area contributed by atoms with Gasteiger partial charge in [-0.25, -0.2) is 0 Å². The number of hydrogen-bond acceptors (Lipinski definition) is 2. The Balaban J connectivity index is 0.00000470. The van der Waals surface area contributed by atoms with Crippen LogP contribution in [0.2, 0.25) is 0 Å². The second-order valence-electron chi connectivity index (χ2n) is 18.7. The number of aromatic nitrogens is 2. The van der Waals surface area contributed by atoms with E-state index in [0.29, 0.717) is 0 Å². The van der Waals surface area contributed by atoms with Crippen LogP contribution in [0, 0.1) is 7.43 Å². The molecule has 0 atom stereocenters. The molecule has 2 aliphatic rings. The van der Waals surface area contributed by atoms with Crippen LogP contribution >= 0.6 is 0 Å². The van der Waals surface area contributed by atoms with Crippen molar-refractivity contribution in [2.24, 2.45) is 0 Å². The highest BCUT2D eigenvalue weighted by molar-refractivity contribution is 6.24. The van der Waals surface area contributed by atoms with Gasteiger partial charge in [0.25, 0.3) is 0 Å². The van der Waals surface area contributed by atoms with Crippen LogP contribution in [-0.2, 0) is 0 Å². The molecule has 0 saturated carbocycles. The van der Waals surface area contributed by atoms with E-state index in [4.69, 9.17) is 9.97 Å². The third-order valence-corrected chi connectivity index (χ3v) is 15.0. The monoisotopic (exact) mass is 899 g/mol. The Morgan fingerprint density at radius 3 is 0.901 bits per heavy atom. The van der Waals surface area contributed by atoms with Gasteiger partial charge in [-0.15, -0.1) is 0 Å². The minimum absolute atomic E-state index is 0. The third kappa shape index (κ3) is 6.08. The number of fused-ring (bicyclic) bond motifs is 9. The standard InChI is InChI=1S/C68H40N2.CH3/c1-5-17-41(18-6-1)55-37-57(61(45-21-9-3-10-22-45)65-53-31-15-27-43-25-13-29-51(59(43)53)63(55)65)49-35-47-33-34-48-36-50(40-70-68(48)67(47)69-39-49)58-38-56(42-19-7-2-8-20-42)64-52-30-14-26-44-28-16-32-54(60(44)52)66(64)62(58)46-23-11-4-12-24-46;/h1-40H;1H3/q;-1. The second kappa shape index (κ2) is 15.9. The number of hydrogen-bond donors (Lipinski definition) is 0. The topological polar surface area (TPSA) is 25.8 Å². The summed E-state index contributed by atoms with van der Waals surface area (Å²) in [4.78, 5) is 10.7. The highest BCUT2D eigenvalue weighted by Gasteiger charge is 2.32. The van der Waals surface area contributed by atoms with Crippen molar-refractivity contribution < 1.29 is 0 Å². The molecule has 2 aromatic heterocycles. The van der Waals surface area contributed by atoms with Gasteiger partial charge in [0.1, 0.15) is 0 Å². The van der Waals surface area contributed by atoms with Crippen LogP contribution in [0.4, 0.5) is 0 Å². The summed E-state index contributed by atoms with van der Waals surface area (Å²) in [5.74, 6) is 0. The van der Waals surface area contributed by atoms with Crippen molar-refractivity contribution in [2.75, 3.05) is 0 Å². The number of benzene rings is 11. The molecule has 0 saturated heterocycles. The van der Waals surface area contributed by atoms with E-state index < -0.39 is 0 Å². The highest BCUT2D eigenvalue weighted by Crippen LogP contribution is 2.59. The molecule has 0 fully saturated rings. The molecule has 2 nitrogen and oxygen atoms in total. The van der Waals surface area contributed by atoms with E-state index in [1.165, 1.54) is 111 Å². The maximum atomic E-state index is 5.35. The van der Waals surface area contributed by atoms with Crippen molar-refractivity contribution in [1.29, 1.82) is 0 Å². The quantitative estimate of drug-likeness (QED) is 0.123. The fourth-order valence-electron chi connectivity index (χ4n) is 12.0. The zero-order valence-corrected chi connectivity index (χ0v) is 39.0. The Kier molecular flexibility index (Phi) is 9.15. The lowest BCUT2D eigenvalue weighted by molar-refractivity contribution is 1.37. The Hall–Kier alpha value is -9.24. The molecular formula is C69H43N2-. The summed E-state index contributed by atoms with van der Waals surface area (Å²) in [7, 11) is 0. The van der Waals surface area contributed by atoms with E-state index in [1.807, 2.05) is 0 Å². The van der Waals surface area contributed by atoms with E-state index in [1.54, 1.807) is 0 Å². The maximum Gasteiger partial charge on any atom is 0.0965 e. The van der Waals surface area contributed by atoms with E-state index in [0.717, 1.165) is 44.1 Å². The van der Waals surface area contributed by atoms with Crippen LogP contribution < -0.4 is 0 Å². The summed E-state index contributed by atoms with van der Waals surface area (Å²) >= 11 is 0. The molecule has 0 bridgehead atoms. The van der Waals surface area contributed by atoms with Crippen molar-refractivity contribution in [3.8, 4) is 111 Å². The first-order valence-corrected chi connectivity index (χ1v) is 24.1. The molecule has 15 rings (SSSR count). The molecule has 71 heavy (non-hydrogen) atoms. The lowest BCUT2D eigenvalue weighted by atomic mass is 9.82. The predicted molar refractivity (Wildman–Crippen MR) is 300 cm³/mol. The van der Waals surface area contributed by atoms with Gasteiger partial charge >= 0.3 is 0 Å². The first-order chi connectivity index (χ1) is 34.7. The normalized spacial score (nSPS) is 11.8. The lowest BCUT2D eigenvalue weighted by Gasteiger charge is -2.21. The van der Waals surface area contributed by atoms with Gasteiger partial charge in [-0.1, -0.05) is 206 Å². The van der Waals surface area contributed by atoms with Crippen molar-refractivity contribution in [2.45, 2.75) is 0 Å². The van der Waals surface area contributed by atoms with Crippen LogP contribution in [-0.4, -0.2) is 9.97 Å². The van der Waals surface area contributed by atoms with Crippen molar-refractivity contribution >= 4 is 43.4 Å². The molecule has 0 spiro atoms. The molecule has 0 N–H and O–H groups in total. The maximum absolute atomic E-state index is 5.35. The zero-order valence-electron chi connectivity index (χ0n) is 39.0. The van der Waals surface area contributed by atoms with Gasteiger partial charge in [0.05, 0.1) is 11.0 Å². The molecule has 0 unspecified atom stereocenters. The van der Waals surface area contributed by atoms with E-state index in [-0.39, 0.29) is 7.43 Å². The molecule has 11 aromatic carbocycles. The lowest BCUT2D eigenvalue weighted by Crippen LogP contribution is -1.96. The second-order valence-corrected chi connectivity index (χ2v) is 18.7. The summed E-state index contributed by atoms with van der Waals surface area (Å²) in [6.07, 6.45) is 4.14. The Labute approximate surface area is 412 Å². The zero-order chi connectivity index (χ0) is 45.9. The fourth-order valence-corrected chi connectivity index (χ4v) is 12.0. The van der Waals surface area contributed by atoms with Crippen LogP contribution in [0.25, 0.3) is 155 Å². The summed E-state index contributed by atoms with van der Waals surface area (Å²) in [6, 6.07) is 84.5. The smallest absolute Gasteiger partial charge is 0.0965 e. The molecular weight excluding hydrogens is 857 g/mol. The van der Waals surface area contributed by atoms with Crippen molar-refractivity contribution in [3.05, 3.63) is 250 Å². The number of nitrogens with zero attached hydrogens (tertiary/aromatic N) is 2. The van der Waals surface area contributed by atoms with Gasteiger partial charge in [0, 0.05) is 34.3 Å². The summed E-state index contributed by atoms with van der Waals surface area (Å²) in [5.41, 5.74) is 26.1.